The highest BCUT2D eigenvalue weighted by molar-refractivity contribution is 7.80. The van der Waals surface area contributed by atoms with Gasteiger partial charge >= 0.3 is 0 Å². The Morgan fingerprint density at radius 1 is 1.00 bits per heavy atom. The van der Waals surface area contributed by atoms with Crippen LogP contribution in [0.1, 0.15) is 6.42 Å². The summed E-state index contributed by atoms with van der Waals surface area (Å²) >= 11 is 4.29. The van der Waals surface area contributed by atoms with Crippen LogP contribution in [0.5, 0.6) is 0 Å². The van der Waals surface area contributed by atoms with Gasteiger partial charge in [0, 0.05) is 25.6 Å². The van der Waals surface area contributed by atoms with Crippen LogP contribution < -0.4 is 0 Å². The van der Waals surface area contributed by atoms with Gasteiger partial charge in [-0.3, -0.25) is 0 Å². The van der Waals surface area contributed by atoms with Crippen molar-refractivity contribution < 1.29 is 13.3 Å². The SMILES string of the molecule is CO[SiH2]C(CCS)([SiH2]OC)[SiH2]OC. The van der Waals surface area contributed by atoms with E-state index in [0.29, 0.717) is 4.28 Å². The fraction of sp³-hybridized carbons (Fsp3) is 1.00. The lowest BCUT2D eigenvalue weighted by atomic mass is 10.5. The molecule has 0 N–H and O–H groups in total. The summed E-state index contributed by atoms with van der Waals surface area (Å²) in [6.45, 7) is 0. The maximum atomic E-state index is 5.38. The molecule has 0 bridgehead atoms. The molecule has 0 unspecified atom stereocenters. The third-order valence-corrected chi connectivity index (χ3v) is 9.66. The van der Waals surface area contributed by atoms with E-state index in [1.807, 2.05) is 0 Å². The average Bonchev–Trinajstić information content (AvgIpc) is 2.06. The van der Waals surface area contributed by atoms with Gasteiger partial charge in [0.1, 0.15) is 0 Å². The fourth-order valence-corrected chi connectivity index (χ4v) is 10.3. The first-order valence-corrected chi connectivity index (χ1v) is 8.81. The first-order valence-electron chi connectivity index (χ1n) is 4.32. The van der Waals surface area contributed by atoms with Crippen LogP contribution >= 0.6 is 12.6 Å². The Balaban J connectivity index is 4.19. The highest BCUT2D eigenvalue weighted by atomic mass is 32.1. The minimum atomic E-state index is -0.480. The number of thiol groups is 1. The highest BCUT2D eigenvalue weighted by Crippen LogP contribution is 2.27. The second-order valence-corrected chi connectivity index (χ2v) is 13.8. The van der Waals surface area contributed by atoms with Crippen molar-refractivity contribution >= 4 is 41.9 Å². The molecule has 3 nitrogen and oxygen atoms in total. The minimum Gasteiger partial charge on any atom is -0.427 e. The molecule has 13 heavy (non-hydrogen) atoms. The first kappa shape index (κ1) is 13.9. The third-order valence-electron chi connectivity index (χ3n) is 1.99. The maximum Gasteiger partial charge on any atom is 0.165 e. The Morgan fingerprint density at radius 2 is 1.38 bits per heavy atom. The number of rotatable bonds is 8. The van der Waals surface area contributed by atoms with Crippen molar-refractivity contribution in [3.05, 3.63) is 0 Å². The quantitative estimate of drug-likeness (QED) is 0.426. The van der Waals surface area contributed by atoms with Crippen molar-refractivity contribution in [1.82, 2.24) is 0 Å². The van der Waals surface area contributed by atoms with Gasteiger partial charge in [-0.05, 0) is 12.2 Å². The molecule has 0 aromatic rings. The molecule has 80 valence electrons. The first-order chi connectivity index (χ1) is 6.24. The van der Waals surface area contributed by atoms with Crippen LogP contribution in [0, 0.1) is 0 Å². The summed E-state index contributed by atoms with van der Waals surface area (Å²) in [4.78, 5) is 0. The lowest BCUT2D eigenvalue weighted by molar-refractivity contribution is 0.386. The zero-order valence-electron chi connectivity index (χ0n) is 8.71. The van der Waals surface area contributed by atoms with Crippen LogP contribution in [0.2, 0.25) is 4.28 Å². The molecule has 0 saturated heterocycles. The topological polar surface area (TPSA) is 27.7 Å². The summed E-state index contributed by atoms with van der Waals surface area (Å²) in [5, 5.41) is 0. The summed E-state index contributed by atoms with van der Waals surface area (Å²) < 4.78 is 16.5. The molecule has 0 radical (unpaired) electrons. The normalized spacial score (nSPS) is 18.5. The molecule has 0 aliphatic carbocycles. The number of hydrogen-bond donors (Lipinski definition) is 1. The Kier molecular flexibility index (Phi) is 8.77. The van der Waals surface area contributed by atoms with E-state index < -0.39 is 29.3 Å². The molecule has 0 fully saturated rings. The highest BCUT2D eigenvalue weighted by Gasteiger charge is 2.32. The van der Waals surface area contributed by atoms with E-state index in [0.717, 1.165) is 12.2 Å². The van der Waals surface area contributed by atoms with E-state index in [9.17, 15) is 0 Å². The molecule has 0 rings (SSSR count). The van der Waals surface area contributed by atoms with Gasteiger partial charge in [0.25, 0.3) is 0 Å². The summed E-state index contributed by atoms with van der Waals surface area (Å²) in [6.07, 6.45) is 1.12. The van der Waals surface area contributed by atoms with Gasteiger partial charge in [-0.2, -0.15) is 12.6 Å². The Bertz CT molecular complexity index is 98.2. The smallest absolute Gasteiger partial charge is 0.165 e. The molecule has 0 aliphatic heterocycles. The summed E-state index contributed by atoms with van der Waals surface area (Å²) in [5.74, 6) is 0.920. The molecule has 0 aliphatic rings. The van der Waals surface area contributed by atoms with Gasteiger partial charge in [0.2, 0.25) is 0 Å². The van der Waals surface area contributed by atoms with Crippen molar-refractivity contribution in [2.45, 2.75) is 10.7 Å². The number of hydrogen-bond acceptors (Lipinski definition) is 4. The molecular weight excluding hydrogens is 236 g/mol. The summed E-state index contributed by atoms with van der Waals surface area (Å²) in [5.41, 5.74) is 0. The third kappa shape index (κ3) is 5.35. The summed E-state index contributed by atoms with van der Waals surface area (Å²) in [7, 11) is 3.96. The van der Waals surface area contributed by atoms with Crippen LogP contribution in [0.4, 0.5) is 0 Å². The Morgan fingerprint density at radius 3 is 1.62 bits per heavy atom. The molecule has 0 atom stereocenters. The summed E-state index contributed by atoms with van der Waals surface area (Å²) in [6, 6.07) is 0. The lowest BCUT2D eigenvalue weighted by Gasteiger charge is -2.29. The Hall–Kier alpha value is 0.881. The minimum absolute atomic E-state index is 0.375. The van der Waals surface area contributed by atoms with E-state index in [-0.39, 0.29) is 0 Å². The van der Waals surface area contributed by atoms with Crippen LogP contribution in [0.25, 0.3) is 0 Å². The van der Waals surface area contributed by atoms with Gasteiger partial charge in [-0.25, -0.2) is 0 Å². The van der Waals surface area contributed by atoms with Gasteiger partial charge in [0.15, 0.2) is 29.3 Å². The monoisotopic (exact) mass is 256 g/mol. The predicted molar refractivity (Wildman–Crippen MR) is 67.8 cm³/mol. The van der Waals surface area contributed by atoms with Gasteiger partial charge in [0.05, 0.1) is 0 Å². The van der Waals surface area contributed by atoms with E-state index in [2.05, 4.69) is 12.6 Å². The van der Waals surface area contributed by atoms with E-state index in [1.165, 1.54) is 0 Å². The second-order valence-electron chi connectivity index (χ2n) is 3.27. The largest absolute Gasteiger partial charge is 0.427 e. The van der Waals surface area contributed by atoms with Crippen LogP contribution in [0.3, 0.4) is 0 Å². The van der Waals surface area contributed by atoms with Crippen LogP contribution in [-0.4, -0.2) is 56.4 Å². The van der Waals surface area contributed by atoms with Crippen molar-refractivity contribution in [2.24, 2.45) is 0 Å². The maximum absolute atomic E-state index is 5.38. The van der Waals surface area contributed by atoms with Gasteiger partial charge in [-0.15, -0.1) is 0 Å². The van der Waals surface area contributed by atoms with Crippen molar-refractivity contribution in [1.29, 1.82) is 0 Å². The second kappa shape index (κ2) is 8.21. The molecule has 0 spiro atoms. The zero-order valence-corrected chi connectivity index (χ0v) is 13.8. The molecule has 0 heterocycles. The van der Waals surface area contributed by atoms with Crippen molar-refractivity contribution in [3.63, 3.8) is 0 Å². The van der Waals surface area contributed by atoms with Gasteiger partial charge < -0.3 is 13.3 Å². The molecule has 7 heteroatoms. The fourth-order valence-electron chi connectivity index (χ4n) is 1.50. The molecule has 0 aromatic heterocycles. The molecular formula is C6H20O3SSi3. The molecule has 0 amide bonds. The van der Waals surface area contributed by atoms with E-state index in [1.54, 1.807) is 21.3 Å². The Labute approximate surface area is 93.2 Å². The van der Waals surface area contributed by atoms with Crippen LogP contribution in [-0.2, 0) is 13.3 Å². The molecule has 0 saturated carbocycles. The van der Waals surface area contributed by atoms with Crippen molar-refractivity contribution in [2.75, 3.05) is 27.1 Å². The standard InChI is InChI=1S/C6H20O3SSi3/c1-7-11-6(4-5-10,12-8-2)13-9-3/h10H,4-5,11-13H2,1-3H3. The van der Waals surface area contributed by atoms with E-state index >= 15 is 0 Å². The van der Waals surface area contributed by atoms with E-state index in [4.69, 9.17) is 13.3 Å². The van der Waals surface area contributed by atoms with Crippen LogP contribution in [0.15, 0.2) is 0 Å². The molecule has 0 aromatic carbocycles. The predicted octanol–water partition coefficient (Wildman–Crippen LogP) is -1.43. The zero-order chi connectivity index (χ0) is 10.2. The van der Waals surface area contributed by atoms with Gasteiger partial charge in [-0.1, -0.05) is 0 Å². The van der Waals surface area contributed by atoms with Crippen molar-refractivity contribution in [3.8, 4) is 0 Å². The lowest BCUT2D eigenvalue weighted by Crippen LogP contribution is -2.37. The average molecular weight is 257 g/mol.